The van der Waals surface area contributed by atoms with Crippen molar-refractivity contribution >= 4 is 46.8 Å². The van der Waals surface area contributed by atoms with Gasteiger partial charge in [-0.1, -0.05) is 23.2 Å². The first kappa shape index (κ1) is 21.0. The molecule has 9 heteroatoms. The lowest BCUT2D eigenvalue weighted by molar-refractivity contribution is -0.159. The quantitative estimate of drug-likeness (QED) is 0.153. The van der Waals surface area contributed by atoms with Gasteiger partial charge in [0.05, 0.1) is 17.2 Å². The van der Waals surface area contributed by atoms with Crippen LogP contribution in [0.3, 0.4) is 0 Å². The van der Waals surface area contributed by atoms with Crippen molar-refractivity contribution in [2.45, 2.75) is 0 Å². The van der Waals surface area contributed by atoms with Crippen LogP contribution in [-0.4, -0.2) is 33.4 Å². The molecule has 0 unspecified atom stereocenters. The molecule has 2 aromatic rings. The number of ether oxygens (including phenoxy) is 1. The molecule has 0 bridgehead atoms. The van der Waals surface area contributed by atoms with Gasteiger partial charge in [0.15, 0.2) is 0 Å². The van der Waals surface area contributed by atoms with E-state index in [1.165, 1.54) is 7.11 Å². The Balaban J connectivity index is 1.54. The summed E-state index contributed by atoms with van der Waals surface area (Å²) in [5, 5.41) is 7.68. The predicted octanol–water partition coefficient (Wildman–Crippen LogP) is 4.63. The molecule has 2 rings (SSSR count). The smallest absolute Gasteiger partial charge is 0.148 e. The van der Waals surface area contributed by atoms with Crippen molar-refractivity contribution in [3.05, 3.63) is 52.5 Å². The van der Waals surface area contributed by atoms with Crippen LogP contribution in [0.4, 0.5) is 11.4 Å². The van der Waals surface area contributed by atoms with Gasteiger partial charge in [-0.15, -0.1) is 4.33 Å². The van der Waals surface area contributed by atoms with E-state index in [1.54, 1.807) is 6.07 Å². The van der Waals surface area contributed by atoms with E-state index >= 15 is 0 Å². The zero-order valence-corrected chi connectivity index (χ0v) is 16.6. The third-order valence-corrected chi connectivity index (χ3v) is 4.48. The van der Waals surface area contributed by atoms with Crippen LogP contribution in [0.2, 0.25) is 10.0 Å². The molecule has 0 saturated heterocycles. The van der Waals surface area contributed by atoms with Crippen LogP contribution in [0, 0.1) is 0 Å². The van der Waals surface area contributed by atoms with Crippen LogP contribution in [0.25, 0.3) is 0 Å². The summed E-state index contributed by atoms with van der Waals surface area (Å²) in [6.45, 7) is 2.92. The van der Waals surface area contributed by atoms with E-state index in [1.807, 2.05) is 36.4 Å². The average Bonchev–Trinajstić information content (AvgIpc) is 2.65. The maximum atomic E-state index is 5.97. The van der Waals surface area contributed by atoms with Gasteiger partial charge in [0.2, 0.25) is 0 Å². The fraction of sp³-hybridized carbons (Fsp3) is 0.294. The number of halogens is 2. The maximum Gasteiger partial charge on any atom is 0.148 e. The number of hydrogen-bond donors (Lipinski definition) is 3. The molecule has 0 aromatic heterocycles. The average molecular weight is 418 g/mol. The maximum absolute atomic E-state index is 5.97. The minimum Gasteiger partial charge on any atom is -0.492 e. The summed E-state index contributed by atoms with van der Waals surface area (Å²) in [7, 11) is 1.45. The summed E-state index contributed by atoms with van der Waals surface area (Å²) in [4.78, 5) is 4.47. The molecular weight excluding hydrogens is 397 g/mol. The Morgan fingerprint density at radius 1 is 0.923 bits per heavy atom. The van der Waals surface area contributed by atoms with Crippen molar-refractivity contribution in [2.24, 2.45) is 0 Å². The predicted molar refractivity (Wildman–Crippen MR) is 109 cm³/mol. The molecule has 0 radical (unpaired) electrons. The number of anilines is 2. The van der Waals surface area contributed by atoms with Gasteiger partial charge in [-0.3, -0.25) is 0 Å². The number of hydrogen-bond acceptors (Lipinski definition) is 7. The second-order valence-electron chi connectivity index (χ2n) is 5.10. The van der Waals surface area contributed by atoms with Crippen LogP contribution in [-0.2, 0) is 9.22 Å². The Labute approximate surface area is 167 Å². The number of nitrogens with one attached hydrogen (secondary N) is 3. The van der Waals surface area contributed by atoms with Crippen molar-refractivity contribution in [3.8, 4) is 5.75 Å². The molecule has 0 aliphatic heterocycles. The standard InChI is InChI=1S/C17H21Cl2N3O3S/c1-23-25-26-22-13-2-5-15(6-3-13)24-11-10-20-8-9-21-14-4-7-16(18)17(19)12-14/h2-7,12,20-22H,8-11H2,1H3. The second-order valence-corrected chi connectivity index (χ2v) is 6.42. The molecule has 0 heterocycles. The molecule has 26 heavy (non-hydrogen) atoms. The van der Waals surface area contributed by atoms with E-state index in [9.17, 15) is 0 Å². The lowest BCUT2D eigenvalue weighted by Crippen LogP contribution is -2.26. The van der Waals surface area contributed by atoms with Crippen molar-refractivity contribution in [3.63, 3.8) is 0 Å². The van der Waals surface area contributed by atoms with Gasteiger partial charge >= 0.3 is 0 Å². The van der Waals surface area contributed by atoms with Gasteiger partial charge in [0.25, 0.3) is 0 Å². The molecular formula is C17H21Cl2N3O3S. The van der Waals surface area contributed by atoms with E-state index in [2.05, 4.69) is 24.6 Å². The van der Waals surface area contributed by atoms with Gasteiger partial charge in [0, 0.05) is 31.0 Å². The molecule has 0 aliphatic rings. The molecule has 0 aliphatic carbocycles. The lowest BCUT2D eigenvalue weighted by atomic mass is 10.3. The van der Waals surface area contributed by atoms with Crippen LogP contribution < -0.4 is 20.1 Å². The fourth-order valence-corrected chi connectivity index (χ4v) is 2.62. The third kappa shape index (κ3) is 7.90. The van der Waals surface area contributed by atoms with Crippen LogP contribution in [0.1, 0.15) is 0 Å². The first-order chi connectivity index (χ1) is 12.7. The first-order valence-corrected chi connectivity index (χ1v) is 9.43. The van der Waals surface area contributed by atoms with Crippen LogP contribution in [0.5, 0.6) is 5.75 Å². The van der Waals surface area contributed by atoms with Gasteiger partial charge in [-0.05, 0) is 42.5 Å². The number of benzene rings is 2. The Bertz CT molecular complexity index is 662. The normalized spacial score (nSPS) is 10.6. The van der Waals surface area contributed by atoms with Crippen LogP contribution >= 0.6 is 35.4 Å². The van der Waals surface area contributed by atoms with E-state index in [0.717, 1.165) is 49.0 Å². The minimum atomic E-state index is 0.545. The Morgan fingerprint density at radius 3 is 2.42 bits per heavy atom. The minimum absolute atomic E-state index is 0.545. The molecule has 0 saturated carbocycles. The van der Waals surface area contributed by atoms with Crippen molar-refractivity contribution in [1.82, 2.24) is 5.32 Å². The lowest BCUT2D eigenvalue weighted by Gasteiger charge is -2.10. The Kier molecular flexibility index (Phi) is 9.76. The van der Waals surface area contributed by atoms with Crippen LogP contribution in [0.15, 0.2) is 42.5 Å². The molecule has 3 N–H and O–H groups in total. The second kappa shape index (κ2) is 12.1. The molecule has 0 fully saturated rings. The van der Waals surface area contributed by atoms with E-state index in [-0.39, 0.29) is 0 Å². The fourth-order valence-electron chi connectivity index (χ4n) is 1.99. The Hall–Kier alpha value is -1.35. The summed E-state index contributed by atoms with van der Waals surface area (Å²) in [5.41, 5.74) is 1.84. The SMILES string of the molecule is COOSNc1ccc(OCCNCCNc2ccc(Cl)c(Cl)c2)cc1. The molecule has 0 spiro atoms. The summed E-state index contributed by atoms with van der Waals surface area (Å²) >= 11 is 12.9. The van der Waals surface area contributed by atoms with E-state index in [0.29, 0.717) is 16.7 Å². The number of rotatable bonds is 12. The van der Waals surface area contributed by atoms with E-state index in [4.69, 9.17) is 27.9 Å². The largest absolute Gasteiger partial charge is 0.492 e. The van der Waals surface area contributed by atoms with E-state index < -0.39 is 0 Å². The molecule has 2 aromatic carbocycles. The van der Waals surface area contributed by atoms with Gasteiger partial charge < -0.3 is 20.1 Å². The van der Waals surface area contributed by atoms with Crippen molar-refractivity contribution < 1.29 is 14.0 Å². The molecule has 6 nitrogen and oxygen atoms in total. The van der Waals surface area contributed by atoms with Crippen molar-refractivity contribution in [1.29, 1.82) is 0 Å². The molecule has 0 amide bonds. The Morgan fingerprint density at radius 2 is 1.69 bits per heavy atom. The summed E-state index contributed by atoms with van der Waals surface area (Å²) in [6, 6.07) is 13.1. The highest BCUT2D eigenvalue weighted by atomic mass is 35.5. The highest BCUT2D eigenvalue weighted by Crippen LogP contribution is 2.24. The summed E-state index contributed by atoms with van der Waals surface area (Å²) in [6.07, 6.45) is 0. The summed E-state index contributed by atoms with van der Waals surface area (Å²) in [5.74, 6) is 0.809. The first-order valence-electron chi connectivity index (χ1n) is 7.94. The third-order valence-electron chi connectivity index (χ3n) is 3.21. The van der Waals surface area contributed by atoms with Gasteiger partial charge in [0.1, 0.15) is 24.6 Å². The van der Waals surface area contributed by atoms with Gasteiger partial charge in [-0.25, -0.2) is 4.89 Å². The zero-order chi connectivity index (χ0) is 18.6. The molecule has 142 valence electrons. The summed E-state index contributed by atoms with van der Waals surface area (Å²) < 4.78 is 13.3. The zero-order valence-electron chi connectivity index (χ0n) is 14.3. The highest BCUT2D eigenvalue weighted by Gasteiger charge is 1.99. The molecule has 0 atom stereocenters. The van der Waals surface area contributed by atoms with Crippen molar-refractivity contribution in [2.75, 3.05) is 43.4 Å². The van der Waals surface area contributed by atoms with Gasteiger partial charge in [-0.2, -0.15) is 0 Å². The monoisotopic (exact) mass is 417 g/mol. The highest BCUT2D eigenvalue weighted by molar-refractivity contribution is 7.95. The topological polar surface area (TPSA) is 63.8 Å².